The van der Waals surface area contributed by atoms with Gasteiger partial charge in [0.2, 0.25) is 0 Å². The summed E-state index contributed by atoms with van der Waals surface area (Å²) < 4.78 is 29.7. The fourth-order valence-electron chi connectivity index (χ4n) is 3.76. The number of nitrogens with zero attached hydrogens (tertiary/aromatic N) is 5. The summed E-state index contributed by atoms with van der Waals surface area (Å²) in [6, 6.07) is 5.23. The third-order valence-electron chi connectivity index (χ3n) is 5.03. The molecule has 0 aliphatic carbocycles. The van der Waals surface area contributed by atoms with Gasteiger partial charge in [-0.05, 0) is 37.1 Å². The van der Waals surface area contributed by atoms with E-state index in [1.807, 2.05) is 17.2 Å². The fraction of sp³-hybridized carbons (Fsp3) is 0.211. The summed E-state index contributed by atoms with van der Waals surface area (Å²) in [5, 5.41) is 11.1. The number of benzene rings is 1. The third kappa shape index (κ3) is 2.64. The highest BCUT2D eigenvalue weighted by atomic mass is 19.1. The minimum atomic E-state index is -0.431. The molecule has 0 unspecified atom stereocenters. The van der Waals surface area contributed by atoms with E-state index < -0.39 is 11.6 Å². The van der Waals surface area contributed by atoms with Gasteiger partial charge in [0.15, 0.2) is 5.65 Å². The molecule has 1 saturated heterocycles. The van der Waals surface area contributed by atoms with Crippen molar-refractivity contribution in [1.29, 1.82) is 0 Å². The summed E-state index contributed by atoms with van der Waals surface area (Å²) in [5.74, 6) is -0.101. The highest BCUT2D eigenvalue weighted by Crippen LogP contribution is 2.37. The molecular formula is C19H16F2N6. The maximum absolute atomic E-state index is 14.3. The zero-order valence-corrected chi connectivity index (χ0v) is 14.3. The Hall–Kier alpha value is -3.29. The van der Waals surface area contributed by atoms with Crippen LogP contribution in [0.2, 0.25) is 0 Å². The zero-order chi connectivity index (χ0) is 18.4. The van der Waals surface area contributed by atoms with Gasteiger partial charge in [-0.25, -0.2) is 18.3 Å². The second-order valence-electron chi connectivity index (χ2n) is 6.62. The molecule has 0 spiro atoms. The summed E-state index contributed by atoms with van der Waals surface area (Å²) in [7, 11) is 0. The molecule has 1 aliphatic rings. The second-order valence-corrected chi connectivity index (χ2v) is 6.62. The minimum Gasteiger partial charge on any atom is -0.349 e. The predicted octanol–water partition coefficient (Wildman–Crippen LogP) is 3.74. The lowest BCUT2D eigenvalue weighted by atomic mass is 10.0. The molecule has 0 bridgehead atoms. The van der Waals surface area contributed by atoms with Crippen LogP contribution >= 0.6 is 0 Å². The maximum atomic E-state index is 14.3. The van der Waals surface area contributed by atoms with Crippen molar-refractivity contribution in [3.63, 3.8) is 0 Å². The fourth-order valence-corrected chi connectivity index (χ4v) is 3.76. The van der Waals surface area contributed by atoms with E-state index in [4.69, 9.17) is 4.98 Å². The van der Waals surface area contributed by atoms with Gasteiger partial charge in [0.1, 0.15) is 17.5 Å². The molecule has 0 saturated carbocycles. The van der Waals surface area contributed by atoms with Gasteiger partial charge in [-0.2, -0.15) is 10.2 Å². The topological polar surface area (TPSA) is 62.1 Å². The van der Waals surface area contributed by atoms with Crippen molar-refractivity contribution >= 4 is 11.5 Å². The number of halogens is 2. The van der Waals surface area contributed by atoms with Gasteiger partial charge in [-0.15, -0.1) is 0 Å². The summed E-state index contributed by atoms with van der Waals surface area (Å²) in [6.45, 7) is 0.735. The second kappa shape index (κ2) is 6.15. The van der Waals surface area contributed by atoms with E-state index in [1.165, 1.54) is 12.1 Å². The number of rotatable bonds is 3. The molecule has 8 heteroatoms. The molecule has 5 rings (SSSR count). The number of H-pyrrole nitrogens is 1. The Kier molecular flexibility index (Phi) is 3.63. The first-order valence-corrected chi connectivity index (χ1v) is 8.76. The molecule has 1 fully saturated rings. The van der Waals surface area contributed by atoms with Crippen LogP contribution in [0.4, 0.5) is 14.6 Å². The number of aromatic amines is 1. The highest BCUT2D eigenvalue weighted by Gasteiger charge is 2.30. The van der Waals surface area contributed by atoms with Crippen LogP contribution in [0.3, 0.4) is 0 Å². The lowest BCUT2D eigenvalue weighted by Crippen LogP contribution is -2.24. The lowest BCUT2D eigenvalue weighted by molar-refractivity contribution is 0.560. The lowest BCUT2D eigenvalue weighted by Gasteiger charge is -2.26. The zero-order valence-electron chi connectivity index (χ0n) is 14.3. The standard InChI is InChI=1S/C19H16F2N6/c20-13-3-4-16(21)14(8-13)17-2-1-6-26(17)18-5-7-27-19(25-18)15(11-24-27)12-9-22-23-10-12/h3-5,7-11,17H,1-2,6H2,(H,22,23)/t17-/m1/s1. The van der Waals surface area contributed by atoms with Crippen molar-refractivity contribution in [3.8, 4) is 11.1 Å². The molecule has 136 valence electrons. The number of fused-ring (bicyclic) bond motifs is 1. The SMILES string of the molecule is Fc1ccc(F)c([C@H]2CCCN2c2ccn3ncc(-c4cn[nH]c4)c3n2)c1. The first-order chi connectivity index (χ1) is 13.2. The van der Waals surface area contributed by atoms with E-state index in [2.05, 4.69) is 15.3 Å². The molecule has 27 heavy (non-hydrogen) atoms. The number of aromatic nitrogens is 5. The van der Waals surface area contributed by atoms with Crippen LogP contribution in [0.5, 0.6) is 0 Å². The molecule has 1 atom stereocenters. The van der Waals surface area contributed by atoms with Crippen molar-refractivity contribution in [3.05, 3.63) is 66.3 Å². The van der Waals surface area contributed by atoms with Crippen molar-refractivity contribution < 1.29 is 8.78 Å². The summed E-state index contributed by atoms with van der Waals surface area (Å²) in [4.78, 5) is 6.80. The van der Waals surface area contributed by atoms with Gasteiger partial charge in [-0.1, -0.05) is 0 Å². The van der Waals surface area contributed by atoms with E-state index >= 15 is 0 Å². The van der Waals surface area contributed by atoms with E-state index in [1.54, 1.807) is 23.1 Å². The van der Waals surface area contributed by atoms with Crippen molar-refractivity contribution in [2.75, 3.05) is 11.4 Å². The first kappa shape index (κ1) is 15.9. The molecule has 6 nitrogen and oxygen atoms in total. The Labute approximate surface area is 153 Å². The van der Waals surface area contributed by atoms with E-state index in [0.29, 0.717) is 11.2 Å². The Balaban J connectivity index is 1.58. The molecule has 0 radical (unpaired) electrons. The van der Waals surface area contributed by atoms with Crippen LogP contribution in [0, 0.1) is 11.6 Å². The van der Waals surface area contributed by atoms with Gasteiger partial charge >= 0.3 is 0 Å². The molecule has 1 aliphatic heterocycles. The van der Waals surface area contributed by atoms with Gasteiger partial charge in [0.05, 0.1) is 18.4 Å². The highest BCUT2D eigenvalue weighted by molar-refractivity contribution is 5.76. The average Bonchev–Trinajstić information content (AvgIpc) is 3.42. The monoisotopic (exact) mass is 366 g/mol. The molecule has 1 N–H and O–H groups in total. The molecule has 1 aromatic carbocycles. The van der Waals surface area contributed by atoms with Crippen LogP contribution in [0.25, 0.3) is 16.8 Å². The quantitative estimate of drug-likeness (QED) is 0.600. The van der Waals surface area contributed by atoms with Gasteiger partial charge < -0.3 is 4.90 Å². The number of nitrogens with one attached hydrogen (secondary N) is 1. The van der Waals surface area contributed by atoms with Crippen molar-refractivity contribution in [1.82, 2.24) is 24.8 Å². The molecule has 4 heterocycles. The van der Waals surface area contributed by atoms with Crippen molar-refractivity contribution in [2.24, 2.45) is 0 Å². The van der Waals surface area contributed by atoms with E-state index in [0.717, 1.165) is 42.4 Å². The number of hydrogen-bond donors (Lipinski definition) is 1. The summed E-state index contributed by atoms with van der Waals surface area (Å²) in [6.07, 6.45) is 8.71. The largest absolute Gasteiger partial charge is 0.349 e. The molecule has 3 aromatic heterocycles. The Morgan fingerprint density at radius 2 is 2.07 bits per heavy atom. The normalized spacial score (nSPS) is 17.1. The Morgan fingerprint density at radius 3 is 2.93 bits per heavy atom. The Morgan fingerprint density at radius 1 is 1.15 bits per heavy atom. The minimum absolute atomic E-state index is 0.240. The smallest absolute Gasteiger partial charge is 0.165 e. The Bertz CT molecular complexity index is 1100. The molecule has 0 amide bonds. The first-order valence-electron chi connectivity index (χ1n) is 8.76. The van der Waals surface area contributed by atoms with Gasteiger partial charge in [0.25, 0.3) is 0 Å². The average molecular weight is 366 g/mol. The van der Waals surface area contributed by atoms with Crippen LogP contribution in [-0.2, 0) is 0 Å². The van der Waals surface area contributed by atoms with Gasteiger partial charge in [0, 0.05) is 35.6 Å². The van der Waals surface area contributed by atoms with E-state index in [9.17, 15) is 8.78 Å². The van der Waals surface area contributed by atoms with Crippen LogP contribution in [0.1, 0.15) is 24.4 Å². The number of hydrogen-bond acceptors (Lipinski definition) is 4. The van der Waals surface area contributed by atoms with Gasteiger partial charge in [-0.3, -0.25) is 5.10 Å². The van der Waals surface area contributed by atoms with Crippen LogP contribution < -0.4 is 4.90 Å². The van der Waals surface area contributed by atoms with Crippen LogP contribution in [-0.4, -0.2) is 31.3 Å². The number of anilines is 1. The summed E-state index contributed by atoms with van der Waals surface area (Å²) in [5.41, 5.74) is 2.82. The predicted molar refractivity (Wildman–Crippen MR) is 96.2 cm³/mol. The maximum Gasteiger partial charge on any atom is 0.165 e. The van der Waals surface area contributed by atoms with E-state index in [-0.39, 0.29) is 6.04 Å². The third-order valence-corrected chi connectivity index (χ3v) is 5.03. The van der Waals surface area contributed by atoms with Crippen LogP contribution in [0.15, 0.2) is 49.1 Å². The summed E-state index contributed by atoms with van der Waals surface area (Å²) >= 11 is 0. The van der Waals surface area contributed by atoms with Crippen molar-refractivity contribution in [2.45, 2.75) is 18.9 Å². The molecular weight excluding hydrogens is 350 g/mol. The molecule has 4 aromatic rings.